The molecule has 0 atom stereocenters. The molecule has 0 aliphatic carbocycles. The molecule has 0 saturated carbocycles. The Morgan fingerprint density at radius 2 is 1.90 bits per heavy atom. The smallest absolute Gasteiger partial charge is 0.198 e. The average molecular weight is 396 g/mol. The first-order valence-electron chi connectivity index (χ1n) is 9.23. The van der Waals surface area contributed by atoms with E-state index in [1.165, 1.54) is 23.0 Å². The summed E-state index contributed by atoms with van der Waals surface area (Å²) in [6.45, 7) is 1.87. The van der Waals surface area contributed by atoms with Crippen molar-refractivity contribution < 1.29 is 13.9 Å². The van der Waals surface area contributed by atoms with Crippen molar-refractivity contribution in [3.8, 4) is 11.4 Å². The Morgan fingerprint density at radius 3 is 2.62 bits per heavy atom. The summed E-state index contributed by atoms with van der Waals surface area (Å²) < 4.78 is 20.6. The van der Waals surface area contributed by atoms with Gasteiger partial charge in [0.15, 0.2) is 5.78 Å². The number of aromatic nitrogens is 2. The lowest BCUT2D eigenvalue weighted by molar-refractivity contribution is 0.103. The number of piperidine rings is 1. The number of anilines is 1. The average Bonchev–Trinajstić information content (AvgIpc) is 3.10. The fourth-order valence-corrected chi connectivity index (χ4v) is 3.29. The number of nitrogens with one attached hydrogen (secondary N) is 1. The molecule has 1 aliphatic heterocycles. The van der Waals surface area contributed by atoms with Gasteiger partial charge in [-0.25, -0.2) is 9.07 Å². The summed E-state index contributed by atoms with van der Waals surface area (Å²) in [5.74, 6) is 0.293. The van der Waals surface area contributed by atoms with Crippen LogP contribution in [0.3, 0.4) is 0 Å². The fourth-order valence-electron chi connectivity index (χ4n) is 3.29. The maximum Gasteiger partial charge on any atom is 0.198 e. The molecule has 6 nitrogen and oxygen atoms in total. The molecular formula is C22H25FN4O2. The third-order valence-electron chi connectivity index (χ3n) is 4.81. The Kier molecular flexibility index (Phi) is 6.29. The van der Waals surface area contributed by atoms with E-state index in [0.29, 0.717) is 22.6 Å². The van der Waals surface area contributed by atoms with Gasteiger partial charge in [-0.3, -0.25) is 4.79 Å². The van der Waals surface area contributed by atoms with E-state index in [1.54, 1.807) is 30.3 Å². The molecule has 0 amide bonds. The van der Waals surface area contributed by atoms with Crippen LogP contribution in [0.1, 0.15) is 36.2 Å². The minimum atomic E-state index is -0.351. The second kappa shape index (κ2) is 8.87. The highest BCUT2D eigenvalue weighted by molar-refractivity contribution is 6.11. The number of nitrogens with two attached hydrogens (primary N) is 1. The zero-order valence-electron chi connectivity index (χ0n) is 15.3. The molecule has 3 N–H and O–H groups in total. The summed E-state index contributed by atoms with van der Waals surface area (Å²) in [6, 6.07) is 12.9. The second-order valence-electron chi connectivity index (χ2n) is 6.76. The van der Waals surface area contributed by atoms with Gasteiger partial charge in [0.1, 0.15) is 23.5 Å². The minimum Gasteiger partial charge on any atom is -0.490 e. The largest absolute Gasteiger partial charge is 0.490 e. The SMILES string of the molecule is C.Nc1c(C(=O)c2cccc(OC3CCNCC3)c2)cnn1-c1ccc(F)cc1. The first-order valence-corrected chi connectivity index (χ1v) is 9.23. The number of carbonyl (C=O) groups excluding carboxylic acids is 1. The highest BCUT2D eigenvalue weighted by Gasteiger charge is 2.19. The van der Waals surface area contributed by atoms with Gasteiger partial charge in [0.2, 0.25) is 0 Å². The van der Waals surface area contributed by atoms with Gasteiger partial charge in [0.05, 0.1) is 17.4 Å². The van der Waals surface area contributed by atoms with Crippen molar-refractivity contribution in [2.45, 2.75) is 26.4 Å². The van der Waals surface area contributed by atoms with Gasteiger partial charge < -0.3 is 15.8 Å². The highest BCUT2D eigenvalue weighted by atomic mass is 19.1. The number of carbonyl (C=O) groups is 1. The zero-order chi connectivity index (χ0) is 19.5. The minimum absolute atomic E-state index is 0. The van der Waals surface area contributed by atoms with E-state index in [9.17, 15) is 9.18 Å². The lowest BCUT2D eigenvalue weighted by Gasteiger charge is -2.24. The number of benzene rings is 2. The van der Waals surface area contributed by atoms with Crippen LogP contribution >= 0.6 is 0 Å². The van der Waals surface area contributed by atoms with Gasteiger partial charge >= 0.3 is 0 Å². The van der Waals surface area contributed by atoms with Crippen LogP contribution in [0.4, 0.5) is 10.2 Å². The molecule has 4 rings (SSSR count). The Morgan fingerprint density at radius 1 is 1.17 bits per heavy atom. The quantitative estimate of drug-likeness (QED) is 0.644. The molecule has 1 aromatic heterocycles. The highest BCUT2D eigenvalue weighted by Crippen LogP contribution is 2.23. The Labute approximate surface area is 169 Å². The number of ketones is 1. The van der Waals surface area contributed by atoms with Crippen LogP contribution < -0.4 is 15.8 Å². The van der Waals surface area contributed by atoms with Gasteiger partial charge in [-0.05, 0) is 62.3 Å². The van der Waals surface area contributed by atoms with Crippen molar-refractivity contribution in [1.29, 1.82) is 0 Å². The number of nitrogens with zero attached hydrogens (tertiary/aromatic N) is 2. The van der Waals surface area contributed by atoms with Crippen molar-refractivity contribution in [3.63, 3.8) is 0 Å². The van der Waals surface area contributed by atoms with Crippen molar-refractivity contribution in [2.75, 3.05) is 18.8 Å². The lowest BCUT2D eigenvalue weighted by Crippen LogP contribution is -2.34. The summed E-state index contributed by atoms with van der Waals surface area (Å²) in [4.78, 5) is 13.0. The standard InChI is InChI=1S/C21H21FN4O2.CH4/c22-15-4-6-16(7-5-15)26-21(23)19(13-25-26)20(27)14-2-1-3-18(12-14)28-17-8-10-24-11-9-17;/h1-7,12-13,17,24H,8-11,23H2;1H4. The molecule has 1 aliphatic rings. The van der Waals surface area contributed by atoms with E-state index >= 15 is 0 Å². The Hall–Kier alpha value is -3.19. The first kappa shape index (κ1) is 20.5. The lowest BCUT2D eigenvalue weighted by atomic mass is 10.1. The third kappa shape index (κ3) is 4.46. The predicted octanol–water partition coefficient (Wildman–Crippen LogP) is 3.59. The third-order valence-corrected chi connectivity index (χ3v) is 4.81. The summed E-state index contributed by atoms with van der Waals surface area (Å²) in [5, 5.41) is 7.49. The molecule has 1 saturated heterocycles. The van der Waals surface area contributed by atoms with Gasteiger partial charge in [0.25, 0.3) is 0 Å². The molecule has 0 bridgehead atoms. The molecule has 3 aromatic rings. The zero-order valence-corrected chi connectivity index (χ0v) is 15.3. The second-order valence-corrected chi connectivity index (χ2v) is 6.76. The topological polar surface area (TPSA) is 82.2 Å². The molecule has 0 radical (unpaired) electrons. The number of nitrogen functional groups attached to an aromatic ring is 1. The molecule has 0 unspecified atom stereocenters. The van der Waals surface area contributed by atoms with Gasteiger partial charge in [-0.2, -0.15) is 5.10 Å². The van der Waals surface area contributed by atoms with Crippen LogP contribution in [0.25, 0.3) is 5.69 Å². The van der Waals surface area contributed by atoms with E-state index < -0.39 is 0 Å². The van der Waals surface area contributed by atoms with Crippen LogP contribution in [0.15, 0.2) is 54.7 Å². The molecule has 7 heteroatoms. The summed E-state index contributed by atoms with van der Waals surface area (Å²) in [7, 11) is 0. The van der Waals surface area contributed by atoms with Crippen LogP contribution in [0, 0.1) is 5.82 Å². The molecular weight excluding hydrogens is 371 g/mol. The van der Waals surface area contributed by atoms with E-state index in [4.69, 9.17) is 10.5 Å². The predicted molar refractivity (Wildman–Crippen MR) is 111 cm³/mol. The number of rotatable bonds is 5. The molecule has 1 fully saturated rings. The number of hydrogen-bond donors (Lipinski definition) is 2. The van der Waals surface area contributed by atoms with Gasteiger partial charge in [0, 0.05) is 5.56 Å². The number of ether oxygens (including phenoxy) is 1. The van der Waals surface area contributed by atoms with Crippen LogP contribution in [0.2, 0.25) is 0 Å². The van der Waals surface area contributed by atoms with Crippen molar-refractivity contribution in [2.24, 2.45) is 0 Å². The van der Waals surface area contributed by atoms with Crippen molar-refractivity contribution in [1.82, 2.24) is 15.1 Å². The van der Waals surface area contributed by atoms with E-state index in [0.717, 1.165) is 25.9 Å². The monoisotopic (exact) mass is 396 g/mol. The molecule has 2 aromatic carbocycles. The van der Waals surface area contributed by atoms with Crippen LogP contribution in [-0.4, -0.2) is 34.8 Å². The van der Waals surface area contributed by atoms with E-state index in [-0.39, 0.29) is 30.9 Å². The number of halogens is 1. The van der Waals surface area contributed by atoms with E-state index in [2.05, 4.69) is 10.4 Å². The van der Waals surface area contributed by atoms with E-state index in [1.807, 2.05) is 6.07 Å². The maximum absolute atomic E-state index is 13.1. The summed E-state index contributed by atoms with van der Waals surface area (Å²) in [5.41, 5.74) is 7.51. The molecule has 0 spiro atoms. The van der Waals surface area contributed by atoms with Crippen LogP contribution in [-0.2, 0) is 0 Å². The Bertz CT molecular complexity index is 979. The first-order chi connectivity index (χ1) is 13.6. The van der Waals surface area contributed by atoms with Crippen molar-refractivity contribution in [3.05, 3.63) is 71.7 Å². The van der Waals surface area contributed by atoms with Gasteiger partial charge in [-0.15, -0.1) is 0 Å². The van der Waals surface area contributed by atoms with Crippen LogP contribution in [0.5, 0.6) is 5.75 Å². The Balaban J connectivity index is 0.00000240. The maximum atomic E-state index is 13.1. The molecule has 2 heterocycles. The summed E-state index contributed by atoms with van der Waals surface area (Å²) in [6.07, 6.45) is 3.46. The fraction of sp³-hybridized carbons (Fsp3) is 0.273. The van der Waals surface area contributed by atoms with Gasteiger partial charge in [-0.1, -0.05) is 19.6 Å². The number of hydrogen-bond acceptors (Lipinski definition) is 5. The molecule has 29 heavy (non-hydrogen) atoms. The molecule has 152 valence electrons. The summed E-state index contributed by atoms with van der Waals surface area (Å²) >= 11 is 0. The van der Waals surface area contributed by atoms with Crippen molar-refractivity contribution >= 4 is 11.6 Å². The normalized spacial score (nSPS) is 14.2.